The molecular weight excluding hydrogens is 308 g/mol. The highest BCUT2D eigenvalue weighted by atomic mass is 79.9. The van der Waals surface area contributed by atoms with Crippen LogP contribution in [0.5, 0.6) is 5.75 Å². The molecule has 0 atom stereocenters. The Morgan fingerprint density at radius 1 is 1.32 bits per heavy atom. The van der Waals surface area contributed by atoms with Crippen molar-refractivity contribution in [3.8, 4) is 5.75 Å². The van der Waals surface area contributed by atoms with Gasteiger partial charge in [0.1, 0.15) is 5.75 Å². The molecule has 0 aliphatic heterocycles. The number of hydrogen-bond donors (Lipinski definition) is 1. The van der Waals surface area contributed by atoms with Crippen LogP contribution in [0.3, 0.4) is 0 Å². The number of rotatable bonds is 3. The van der Waals surface area contributed by atoms with E-state index in [0.29, 0.717) is 23.5 Å². The van der Waals surface area contributed by atoms with E-state index in [9.17, 15) is 4.79 Å². The van der Waals surface area contributed by atoms with Crippen molar-refractivity contribution in [2.75, 3.05) is 12.8 Å². The Morgan fingerprint density at radius 2 is 2.05 bits per heavy atom. The van der Waals surface area contributed by atoms with E-state index in [1.165, 1.54) is 0 Å². The van der Waals surface area contributed by atoms with Gasteiger partial charge in [-0.2, -0.15) is 0 Å². The molecule has 5 heteroatoms. The van der Waals surface area contributed by atoms with Crippen LogP contribution in [-0.4, -0.2) is 11.7 Å². The first-order valence-corrected chi connectivity index (χ1v) is 6.59. The van der Waals surface area contributed by atoms with Gasteiger partial charge in [0.05, 0.1) is 13.7 Å². The molecule has 0 radical (unpaired) electrons. The summed E-state index contributed by atoms with van der Waals surface area (Å²) < 4.78 is 7.70. The van der Waals surface area contributed by atoms with Crippen LogP contribution in [0.25, 0.3) is 0 Å². The normalized spacial score (nSPS) is 10.5. The number of benzene rings is 1. The highest BCUT2D eigenvalue weighted by molar-refractivity contribution is 9.10. The largest absolute Gasteiger partial charge is 0.497 e. The van der Waals surface area contributed by atoms with E-state index in [4.69, 9.17) is 10.5 Å². The van der Waals surface area contributed by atoms with Crippen molar-refractivity contribution < 1.29 is 4.74 Å². The fraction of sp³-hybridized carbons (Fsp3) is 0.214. The maximum Gasteiger partial charge on any atom is 0.253 e. The molecule has 2 N–H and O–H groups in total. The highest BCUT2D eigenvalue weighted by Gasteiger charge is 2.05. The molecule has 0 amide bonds. The summed E-state index contributed by atoms with van der Waals surface area (Å²) in [6.45, 7) is 2.25. The summed E-state index contributed by atoms with van der Waals surface area (Å²) in [7, 11) is 1.59. The SMILES string of the molecule is COc1cc(N)cc(Cn2cc(Br)cc(C)c2=O)c1. The molecule has 0 saturated heterocycles. The smallest absolute Gasteiger partial charge is 0.253 e. The lowest BCUT2D eigenvalue weighted by atomic mass is 10.2. The summed E-state index contributed by atoms with van der Waals surface area (Å²) in [6.07, 6.45) is 1.77. The molecule has 100 valence electrons. The van der Waals surface area contributed by atoms with Gasteiger partial charge in [-0.1, -0.05) is 0 Å². The van der Waals surface area contributed by atoms with Gasteiger partial charge in [-0.3, -0.25) is 4.79 Å². The van der Waals surface area contributed by atoms with Crippen molar-refractivity contribution in [2.24, 2.45) is 0 Å². The average Bonchev–Trinajstić information content (AvgIpc) is 2.34. The molecule has 0 aliphatic carbocycles. The fourth-order valence-electron chi connectivity index (χ4n) is 1.95. The third-order valence-electron chi connectivity index (χ3n) is 2.81. The van der Waals surface area contributed by atoms with Crippen LogP contribution < -0.4 is 16.0 Å². The van der Waals surface area contributed by atoms with Crippen LogP contribution in [0, 0.1) is 6.92 Å². The van der Waals surface area contributed by atoms with Crippen LogP contribution in [0.2, 0.25) is 0 Å². The minimum absolute atomic E-state index is 0.00964. The third-order valence-corrected chi connectivity index (χ3v) is 3.24. The van der Waals surface area contributed by atoms with Crippen molar-refractivity contribution in [2.45, 2.75) is 13.5 Å². The van der Waals surface area contributed by atoms with Gasteiger partial charge in [0.15, 0.2) is 0 Å². The first-order valence-electron chi connectivity index (χ1n) is 5.79. The molecule has 1 heterocycles. The van der Waals surface area contributed by atoms with Crippen molar-refractivity contribution in [3.05, 3.63) is 56.4 Å². The Labute approximate surface area is 119 Å². The predicted molar refractivity (Wildman–Crippen MR) is 79.6 cm³/mol. The lowest BCUT2D eigenvalue weighted by molar-refractivity contribution is 0.414. The van der Waals surface area contributed by atoms with Crippen LogP contribution in [0.15, 0.2) is 39.7 Å². The predicted octanol–water partition coefficient (Wildman–Crippen LogP) is 2.56. The number of anilines is 1. The molecule has 1 aromatic carbocycles. The number of halogens is 1. The molecule has 0 fully saturated rings. The minimum Gasteiger partial charge on any atom is -0.497 e. The van der Waals surface area contributed by atoms with Gasteiger partial charge in [0.25, 0.3) is 5.56 Å². The first-order chi connectivity index (χ1) is 8.99. The van der Waals surface area contributed by atoms with Crippen molar-refractivity contribution in [3.63, 3.8) is 0 Å². The third kappa shape index (κ3) is 3.17. The van der Waals surface area contributed by atoms with Crippen molar-refractivity contribution >= 4 is 21.6 Å². The van der Waals surface area contributed by atoms with Gasteiger partial charge in [-0.25, -0.2) is 0 Å². The quantitative estimate of drug-likeness (QED) is 0.883. The molecule has 1 aromatic heterocycles. The number of ether oxygens (including phenoxy) is 1. The van der Waals surface area contributed by atoms with Crippen LogP contribution >= 0.6 is 15.9 Å². The summed E-state index contributed by atoms with van der Waals surface area (Å²) in [5.41, 5.74) is 8.05. The van der Waals surface area contributed by atoms with Crippen molar-refractivity contribution in [1.82, 2.24) is 4.57 Å². The number of nitrogens with zero attached hydrogens (tertiary/aromatic N) is 1. The van der Waals surface area contributed by atoms with Gasteiger partial charge < -0.3 is 15.0 Å². The number of nitrogens with two attached hydrogens (primary N) is 1. The van der Waals surface area contributed by atoms with Crippen LogP contribution in [0.4, 0.5) is 5.69 Å². The summed E-state index contributed by atoms with van der Waals surface area (Å²) in [4.78, 5) is 12.0. The zero-order valence-electron chi connectivity index (χ0n) is 10.8. The lowest BCUT2D eigenvalue weighted by Crippen LogP contribution is -2.22. The average molecular weight is 323 g/mol. The summed E-state index contributed by atoms with van der Waals surface area (Å²) in [5.74, 6) is 0.690. The van der Waals surface area contributed by atoms with Crippen molar-refractivity contribution in [1.29, 1.82) is 0 Å². The Balaban J connectivity index is 2.41. The highest BCUT2D eigenvalue weighted by Crippen LogP contribution is 2.19. The standard InChI is InChI=1S/C14H15BrN2O2/c1-9-3-11(15)8-17(14(9)18)7-10-4-12(16)6-13(5-10)19-2/h3-6,8H,7,16H2,1-2H3. The molecule has 19 heavy (non-hydrogen) atoms. The first kappa shape index (κ1) is 13.7. The van der Waals surface area contributed by atoms with E-state index in [0.717, 1.165) is 10.0 Å². The van der Waals surface area contributed by atoms with Gasteiger partial charge in [-0.05, 0) is 46.6 Å². The molecule has 0 unspecified atom stereocenters. The Kier molecular flexibility index (Phi) is 3.95. The number of hydrogen-bond acceptors (Lipinski definition) is 3. The molecule has 0 bridgehead atoms. The number of methoxy groups -OCH3 is 1. The molecule has 2 rings (SSSR count). The molecule has 2 aromatic rings. The maximum atomic E-state index is 12.0. The second-order valence-corrected chi connectivity index (χ2v) is 5.30. The zero-order chi connectivity index (χ0) is 14.0. The topological polar surface area (TPSA) is 57.2 Å². The zero-order valence-corrected chi connectivity index (χ0v) is 12.4. The minimum atomic E-state index is -0.00964. The summed E-state index contributed by atoms with van der Waals surface area (Å²) in [6, 6.07) is 7.27. The van der Waals surface area contributed by atoms with E-state index in [1.54, 1.807) is 36.9 Å². The maximum absolute atomic E-state index is 12.0. The number of aromatic nitrogens is 1. The van der Waals surface area contributed by atoms with E-state index >= 15 is 0 Å². The Bertz CT molecular complexity index is 665. The molecule has 4 nitrogen and oxygen atoms in total. The van der Waals surface area contributed by atoms with Gasteiger partial charge in [-0.15, -0.1) is 0 Å². The number of pyridine rings is 1. The van der Waals surface area contributed by atoms with Gasteiger partial charge in [0, 0.05) is 28.0 Å². The lowest BCUT2D eigenvalue weighted by Gasteiger charge is -2.10. The monoisotopic (exact) mass is 322 g/mol. The number of nitrogen functional groups attached to an aromatic ring is 1. The Morgan fingerprint density at radius 3 is 2.74 bits per heavy atom. The Hall–Kier alpha value is -1.75. The second kappa shape index (κ2) is 5.48. The second-order valence-electron chi connectivity index (χ2n) is 4.39. The fourth-order valence-corrected chi connectivity index (χ4v) is 2.54. The van der Waals surface area contributed by atoms with Crippen LogP contribution in [0.1, 0.15) is 11.1 Å². The van der Waals surface area contributed by atoms with Gasteiger partial charge >= 0.3 is 0 Å². The van der Waals surface area contributed by atoms with E-state index in [2.05, 4.69) is 15.9 Å². The molecule has 0 saturated carbocycles. The number of aryl methyl sites for hydroxylation is 1. The molecule has 0 spiro atoms. The summed E-state index contributed by atoms with van der Waals surface area (Å²) >= 11 is 3.39. The van der Waals surface area contributed by atoms with E-state index in [1.807, 2.05) is 12.1 Å². The van der Waals surface area contributed by atoms with Crippen LogP contribution in [-0.2, 0) is 6.54 Å². The molecule has 0 aliphatic rings. The van der Waals surface area contributed by atoms with Gasteiger partial charge in [0.2, 0.25) is 0 Å². The molecular formula is C14H15BrN2O2. The van der Waals surface area contributed by atoms with E-state index < -0.39 is 0 Å². The summed E-state index contributed by atoms with van der Waals surface area (Å²) in [5, 5.41) is 0. The van der Waals surface area contributed by atoms with E-state index in [-0.39, 0.29) is 5.56 Å².